The van der Waals surface area contributed by atoms with Crippen LogP contribution in [0.15, 0.2) is 35.1 Å². The zero-order valence-corrected chi connectivity index (χ0v) is 13.3. The molecule has 0 amide bonds. The number of ether oxygens (including phenoxy) is 1. The summed E-state index contributed by atoms with van der Waals surface area (Å²) in [5, 5.41) is 7.44. The highest BCUT2D eigenvalue weighted by molar-refractivity contribution is 5.59. The Morgan fingerprint density at radius 3 is 2.83 bits per heavy atom. The first-order valence-corrected chi connectivity index (χ1v) is 7.86. The van der Waals surface area contributed by atoms with Crippen LogP contribution in [0.25, 0.3) is 23.0 Å². The third-order valence-corrected chi connectivity index (χ3v) is 4.10. The Bertz CT molecular complexity index is 862. The van der Waals surface area contributed by atoms with E-state index in [1.165, 1.54) is 17.5 Å². The van der Waals surface area contributed by atoms with Crippen molar-refractivity contribution in [1.82, 2.24) is 25.4 Å². The summed E-state index contributed by atoms with van der Waals surface area (Å²) in [5.74, 6) is 1.37. The predicted octanol–water partition coefficient (Wildman–Crippen LogP) is 1.89. The number of hydrogen-bond donors (Lipinski definition) is 1. The van der Waals surface area contributed by atoms with E-state index in [1.54, 1.807) is 13.2 Å². The van der Waals surface area contributed by atoms with Gasteiger partial charge < -0.3 is 14.6 Å². The molecule has 0 atom stereocenters. The maximum atomic E-state index is 5.42. The van der Waals surface area contributed by atoms with E-state index in [-0.39, 0.29) is 0 Å². The maximum Gasteiger partial charge on any atom is 0.258 e. The third kappa shape index (κ3) is 2.85. The minimum atomic E-state index is 0.419. The second-order valence-corrected chi connectivity index (χ2v) is 5.60. The van der Waals surface area contributed by atoms with Gasteiger partial charge in [-0.05, 0) is 49.2 Å². The lowest BCUT2D eigenvalue weighted by molar-refractivity contribution is 0.397. The van der Waals surface area contributed by atoms with Gasteiger partial charge >= 0.3 is 0 Å². The van der Waals surface area contributed by atoms with Crippen LogP contribution >= 0.6 is 0 Å². The van der Waals surface area contributed by atoms with E-state index in [9.17, 15) is 0 Å². The van der Waals surface area contributed by atoms with Gasteiger partial charge in [-0.2, -0.15) is 4.98 Å². The molecular formula is C17H17N5O2. The molecule has 0 fully saturated rings. The molecule has 0 unspecified atom stereocenters. The average molecular weight is 323 g/mol. The lowest BCUT2D eigenvalue weighted by Crippen LogP contribution is -2.16. The molecule has 2 aromatic heterocycles. The number of benzene rings is 1. The van der Waals surface area contributed by atoms with E-state index in [1.807, 2.05) is 6.07 Å². The normalized spacial score (nSPS) is 14.0. The summed E-state index contributed by atoms with van der Waals surface area (Å²) in [6.45, 7) is 2.01. The van der Waals surface area contributed by atoms with Crippen molar-refractivity contribution < 1.29 is 9.26 Å². The molecule has 24 heavy (non-hydrogen) atoms. The summed E-state index contributed by atoms with van der Waals surface area (Å²) in [4.78, 5) is 12.6. The Hall–Kier alpha value is -2.80. The third-order valence-electron chi connectivity index (χ3n) is 4.10. The van der Waals surface area contributed by atoms with E-state index < -0.39 is 0 Å². The van der Waals surface area contributed by atoms with E-state index >= 15 is 0 Å². The number of aromatic nitrogens is 4. The first-order valence-electron chi connectivity index (χ1n) is 7.86. The van der Waals surface area contributed by atoms with Crippen LogP contribution in [0.1, 0.15) is 11.1 Å². The molecule has 0 saturated carbocycles. The van der Waals surface area contributed by atoms with Crippen LogP contribution in [-0.4, -0.2) is 40.3 Å². The van der Waals surface area contributed by atoms with Gasteiger partial charge in [-0.1, -0.05) is 11.2 Å². The van der Waals surface area contributed by atoms with Crippen LogP contribution in [-0.2, 0) is 12.8 Å². The Morgan fingerprint density at radius 1 is 1.08 bits per heavy atom. The fourth-order valence-electron chi connectivity index (χ4n) is 2.82. The van der Waals surface area contributed by atoms with Gasteiger partial charge in [-0.25, -0.2) is 9.97 Å². The number of nitrogens with zero attached hydrogens (tertiary/aromatic N) is 4. The lowest BCUT2D eigenvalue weighted by Gasteiger charge is -2.05. The van der Waals surface area contributed by atoms with Crippen molar-refractivity contribution in [3.05, 3.63) is 41.7 Å². The monoisotopic (exact) mass is 323 g/mol. The molecule has 3 aromatic rings. The second-order valence-electron chi connectivity index (χ2n) is 5.60. The Labute approximate surface area is 139 Å². The zero-order chi connectivity index (χ0) is 16.4. The molecule has 7 heteroatoms. The van der Waals surface area contributed by atoms with E-state index in [0.717, 1.165) is 31.5 Å². The Kier molecular flexibility index (Phi) is 3.92. The number of methoxy groups -OCH3 is 1. The lowest BCUT2D eigenvalue weighted by atomic mass is 10.00. The van der Waals surface area contributed by atoms with Crippen LogP contribution < -0.4 is 10.1 Å². The smallest absolute Gasteiger partial charge is 0.258 e. The van der Waals surface area contributed by atoms with Crippen LogP contribution in [0.3, 0.4) is 0 Å². The molecule has 0 radical (unpaired) electrons. The molecule has 1 aliphatic rings. The number of rotatable bonds is 3. The quantitative estimate of drug-likeness (QED) is 0.787. The van der Waals surface area contributed by atoms with Crippen LogP contribution in [0.4, 0.5) is 0 Å². The summed E-state index contributed by atoms with van der Waals surface area (Å²) >= 11 is 0. The number of fused-ring (bicyclic) bond motifs is 1. The standard InChI is InChI=1S/C17H17N5O2/c1-23-15-9-14(19-10-20-15)16-21-17(24-22-16)13-3-2-11-4-6-18-7-5-12(11)8-13/h2-3,8-10,18H,4-7H2,1H3. The fraction of sp³-hybridized carbons (Fsp3) is 0.294. The first-order chi connectivity index (χ1) is 11.8. The van der Waals surface area contributed by atoms with Crippen molar-refractivity contribution in [3.63, 3.8) is 0 Å². The molecule has 0 saturated heterocycles. The zero-order valence-electron chi connectivity index (χ0n) is 13.3. The molecule has 1 N–H and O–H groups in total. The molecule has 1 aliphatic heterocycles. The Balaban J connectivity index is 1.66. The van der Waals surface area contributed by atoms with E-state index in [4.69, 9.17) is 9.26 Å². The summed E-state index contributed by atoms with van der Waals surface area (Å²) in [6.07, 6.45) is 3.47. The highest BCUT2D eigenvalue weighted by Gasteiger charge is 2.15. The van der Waals surface area contributed by atoms with Gasteiger partial charge in [-0.3, -0.25) is 0 Å². The minimum Gasteiger partial charge on any atom is -0.481 e. The van der Waals surface area contributed by atoms with Crippen molar-refractivity contribution in [2.75, 3.05) is 20.2 Å². The van der Waals surface area contributed by atoms with Gasteiger partial charge in [0.25, 0.3) is 5.89 Å². The first kappa shape index (κ1) is 14.8. The predicted molar refractivity (Wildman–Crippen MR) is 87.6 cm³/mol. The number of hydrogen-bond acceptors (Lipinski definition) is 7. The van der Waals surface area contributed by atoms with Gasteiger partial charge in [0.05, 0.1) is 7.11 Å². The largest absolute Gasteiger partial charge is 0.481 e. The maximum absolute atomic E-state index is 5.42. The van der Waals surface area contributed by atoms with Crippen LogP contribution in [0.2, 0.25) is 0 Å². The van der Waals surface area contributed by atoms with Crippen molar-refractivity contribution >= 4 is 0 Å². The van der Waals surface area contributed by atoms with Crippen LogP contribution in [0, 0.1) is 0 Å². The fourth-order valence-corrected chi connectivity index (χ4v) is 2.82. The highest BCUT2D eigenvalue weighted by atomic mass is 16.5. The topological polar surface area (TPSA) is 86.0 Å². The summed E-state index contributed by atoms with van der Waals surface area (Å²) < 4.78 is 10.5. The van der Waals surface area contributed by atoms with Gasteiger partial charge in [-0.15, -0.1) is 0 Å². The molecule has 0 aliphatic carbocycles. The molecule has 4 rings (SSSR count). The van der Waals surface area contributed by atoms with Gasteiger partial charge in [0, 0.05) is 11.6 Å². The van der Waals surface area contributed by atoms with E-state index in [0.29, 0.717) is 23.3 Å². The van der Waals surface area contributed by atoms with Crippen LogP contribution in [0.5, 0.6) is 5.88 Å². The Morgan fingerprint density at radius 2 is 1.96 bits per heavy atom. The molecule has 1 aromatic carbocycles. The van der Waals surface area contributed by atoms with Gasteiger partial charge in [0.2, 0.25) is 11.7 Å². The molecule has 0 bridgehead atoms. The summed E-state index contributed by atoms with van der Waals surface area (Å²) in [5.41, 5.74) is 4.20. The molecule has 0 spiro atoms. The van der Waals surface area contributed by atoms with Crippen molar-refractivity contribution in [2.45, 2.75) is 12.8 Å². The molecule has 3 heterocycles. The van der Waals surface area contributed by atoms with Crippen molar-refractivity contribution in [3.8, 4) is 28.9 Å². The number of nitrogens with one attached hydrogen (secondary N) is 1. The average Bonchev–Trinajstić information content (AvgIpc) is 3.01. The SMILES string of the molecule is COc1cc(-c2noc(-c3ccc4c(c3)CCNCC4)n2)ncn1. The van der Waals surface area contributed by atoms with Crippen molar-refractivity contribution in [2.24, 2.45) is 0 Å². The second kappa shape index (κ2) is 6.37. The summed E-state index contributed by atoms with van der Waals surface area (Å²) in [7, 11) is 1.55. The molecular weight excluding hydrogens is 306 g/mol. The van der Waals surface area contributed by atoms with Gasteiger partial charge in [0.1, 0.15) is 12.0 Å². The highest BCUT2D eigenvalue weighted by Crippen LogP contribution is 2.25. The van der Waals surface area contributed by atoms with Crippen molar-refractivity contribution in [1.29, 1.82) is 0 Å². The summed E-state index contributed by atoms with van der Waals surface area (Å²) in [6, 6.07) is 7.99. The molecule has 122 valence electrons. The molecule has 7 nitrogen and oxygen atoms in total. The van der Waals surface area contributed by atoms with E-state index in [2.05, 4.69) is 37.6 Å². The minimum absolute atomic E-state index is 0.419. The van der Waals surface area contributed by atoms with Gasteiger partial charge in [0.15, 0.2) is 0 Å².